The summed E-state index contributed by atoms with van der Waals surface area (Å²) in [5.41, 5.74) is -0.382. The van der Waals surface area contributed by atoms with E-state index < -0.39 is 17.6 Å². The Morgan fingerprint density at radius 3 is 2.38 bits per heavy atom. The van der Waals surface area contributed by atoms with Crippen LogP contribution in [0.1, 0.15) is 53.1 Å². The van der Waals surface area contributed by atoms with E-state index in [1.54, 1.807) is 6.20 Å². The molecule has 2 aromatic rings. The van der Waals surface area contributed by atoms with Gasteiger partial charge in [-0.25, -0.2) is 0 Å². The van der Waals surface area contributed by atoms with Crippen molar-refractivity contribution in [2.24, 2.45) is 0 Å². The third-order valence-electron chi connectivity index (χ3n) is 6.67. The second-order valence-corrected chi connectivity index (χ2v) is 8.83. The van der Waals surface area contributed by atoms with Gasteiger partial charge in [0.2, 0.25) is 5.91 Å². The molecular weight excluding hydrogens is 449 g/mol. The van der Waals surface area contributed by atoms with Gasteiger partial charge in [0.25, 0.3) is 11.5 Å². The molecule has 10 heteroatoms. The lowest BCUT2D eigenvalue weighted by Gasteiger charge is -2.45. The van der Waals surface area contributed by atoms with Crippen LogP contribution in [0.2, 0.25) is 0 Å². The molecule has 1 aromatic carbocycles. The van der Waals surface area contributed by atoms with Gasteiger partial charge in [0.15, 0.2) is 0 Å². The molecule has 34 heavy (non-hydrogen) atoms. The van der Waals surface area contributed by atoms with Crippen LogP contribution in [0.15, 0.2) is 47.4 Å². The Bertz CT molecular complexity index is 1090. The molecule has 3 N–H and O–H groups in total. The van der Waals surface area contributed by atoms with E-state index in [9.17, 15) is 27.6 Å². The Morgan fingerprint density at radius 1 is 1.03 bits per heavy atom. The van der Waals surface area contributed by atoms with Gasteiger partial charge in [-0.1, -0.05) is 12.1 Å². The maximum atomic E-state index is 13.1. The van der Waals surface area contributed by atoms with Crippen LogP contribution in [-0.4, -0.2) is 53.4 Å². The second kappa shape index (κ2) is 10.0. The first-order valence-corrected chi connectivity index (χ1v) is 11.4. The van der Waals surface area contributed by atoms with Crippen molar-refractivity contribution in [1.82, 2.24) is 20.5 Å². The number of amides is 2. The summed E-state index contributed by atoms with van der Waals surface area (Å²) in [6, 6.07) is 7.78. The molecule has 1 aliphatic heterocycles. The number of halogens is 3. The van der Waals surface area contributed by atoms with Gasteiger partial charge < -0.3 is 20.5 Å². The standard InChI is InChI=1S/C24H27F3N4O3/c25-24(26,27)17-4-1-3-16(11-17)22(33)30-14-21(32)31(19-12-28-13-19)18-8-6-15(7-9-18)20-5-2-10-29-23(20)34/h1-5,10-11,15,18-19,28H,6-9,12-14H2,(H,29,34)(H,30,33). The van der Waals surface area contributed by atoms with Crippen LogP contribution in [0.3, 0.4) is 0 Å². The van der Waals surface area contributed by atoms with Gasteiger partial charge in [-0.3, -0.25) is 14.4 Å². The number of aromatic nitrogens is 1. The fourth-order valence-electron chi connectivity index (χ4n) is 4.78. The first kappa shape index (κ1) is 24.0. The van der Waals surface area contributed by atoms with Gasteiger partial charge >= 0.3 is 6.18 Å². The monoisotopic (exact) mass is 476 g/mol. The number of rotatable bonds is 6. The summed E-state index contributed by atoms with van der Waals surface area (Å²) in [4.78, 5) is 42.1. The Kier molecular flexibility index (Phi) is 7.06. The summed E-state index contributed by atoms with van der Waals surface area (Å²) in [7, 11) is 0. The van der Waals surface area contributed by atoms with E-state index in [-0.39, 0.29) is 41.6 Å². The minimum atomic E-state index is -4.55. The third-order valence-corrected chi connectivity index (χ3v) is 6.67. The van der Waals surface area contributed by atoms with Crippen LogP contribution >= 0.6 is 0 Å². The predicted molar refractivity (Wildman–Crippen MR) is 119 cm³/mol. The van der Waals surface area contributed by atoms with E-state index in [0.717, 1.165) is 43.4 Å². The lowest BCUT2D eigenvalue weighted by Crippen LogP contribution is -2.63. The van der Waals surface area contributed by atoms with Crippen molar-refractivity contribution in [3.8, 4) is 0 Å². The molecule has 2 fully saturated rings. The van der Waals surface area contributed by atoms with Gasteiger partial charge in [-0.15, -0.1) is 0 Å². The molecule has 1 aromatic heterocycles. The largest absolute Gasteiger partial charge is 0.416 e. The zero-order chi connectivity index (χ0) is 24.3. The number of pyridine rings is 1. The highest BCUT2D eigenvalue weighted by atomic mass is 19.4. The molecule has 0 bridgehead atoms. The zero-order valence-electron chi connectivity index (χ0n) is 18.5. The first-order chi connectivity index (χ1) is 16.2. The number of benzene rings is 1. The van der Waals surface area contributed by atoms with Crippen molar-refractivity contribution in [3.05, 3.63) is 69.6 Å². The lowest BCUT2D eigenvalue weighted by atomic mass is 9.81. The SMILES string of the molecule is O=C(NCC(=O)N(C1CCC(c2ccc[nH]c2=O)CC1)C1CNC1)c1cccc(C(F)(F)F)c1. The topological polar surface area (TPSA) is 94.3 Å². The Labute approximate surface area is 194 Å². The number of hydrogen-bond donors (Lipinski definition) is 3. The number of aromatic amines is 1. The molecule has 1 aliphatic carbocycles. The van der Waals surface area contributed by atoms with Gasteiger partial charge in [0.1, 0.15) is 0 Å². The van der Waals surface area contributed by atoms with Gasteiger partial charge in [0, 0.05) is 36.5 Å². The lowest BCUT2D eigenvalue weighted by molar-refractivity contribution is -0.138. The van der Waals surface area contributed by atoms with Crippen LogP contribution in [0.4, 0.5) is 13.2 Å². The Balaban J connectivity index is 1.38. The molecular formula is C24H27F3N4O3. The number of carbonyl (C=O) groups is 2. The Morgan fingerprint density at radius 2 is 1.76 bits per heavy atom. The van der Waals surface area contributed by atoms with Crippen LogP contribution in [0, 0.1) is 0 Å². The van der Waals surface area contributed by atoms with E-state index >= 15 is 0 Å². The second-order valence-electron chi connectivity index (χ2n) is 8.83. The third kappa shape index (κ3) is 5.32. The van der Waals surface area contributed by atoms with Crippen molar-refractivity contribution in [3.63, 3.8) is 0 Å². The van der Waals surface area contributed by atoms with Crippen LogP contribution in [0.5, 0.6) is 0 Å². The summed E-state index contributed by atoms with van der Waals surface area (Å²) >= 11 is 0. The molecule has 1 saturated heterocycles. The number of H-pyrrole nitrogens is 1. The first-order valence-electron chi connectivity index (χ1n) is 11.4. The molecule has 2 aliphatic rings. The number of nitrogens with zero attached hydrogens (tertiary/aromatic N) is 1. The summed E-state index contributed by atoms with van der Waals surface area (Å²) in [6.07, 6.45) is 0.0843. The molecule has 2 amide bonds. The van der Waals surface area contributed by atoms with Crippen molar-refractivity contribution in [2.75, 3.05) is 19.6 Å². The highest BCUT2D eigenvalue weighted by Crippen LogP contribution is 2.34. The van der Waals surface area contributed by atoms with Gasteiger partial charge in [-0.2, -0.15) is 13.2 Å². The zero-order valence-corrected chi connectivity index (χ0v) is 18.5. The molecule has 1 saturated carbocycles. The maximum Gasteiger partial charge on any atom is 0.416 e. The summed E-state index contributed by atoms with van der Waals surface area (Å²) in [5.74, 6) is -0.843. The smallest absolute Gasteiger partial charge is 0.343 e. The molecule has 0 spiro atoms. The van der Waals surface area contributed by atoms with E-state index in [0.29, 0.717) is 13.1 Å². The average Bonchev–Trinajstić information content (AvgIpc) is 2.79. The Hall–Kier alpha value is -3.14. The van der Waals surface area contributed by atoms with Crippen molar-refractivity contribution in [2.45, 2.75) is 49.9 Å². The van der Waals surface area contributed by atoms with Crippen LogP contribution in [-0.2, 0) is 11.0 Å². The van der Waals surface area contributed by atoms with Gasteiger partial charge in [0.05, 0.1) is 18.2 Å². The molecule has 4 rings (SSSR count). The number of alkyl halides is 3. The highest BCUT2D eigenvalue weighted by molar-refractivity contribution is 5.96. The summed E-state index contributed by atoms with van der Waals surface area (Å²) < 4.78 is 38.8. The van der Waals surface area contributed by atoms with Crippen molar-refractivity contribution < 1.29 is 22.8 Å². The predicted octanol–water partition coefficient (Wildman–Crippen LogP) is 2.65. The summed E-state index contributed by atoms with van der Waals surface area (Å²) in [6.45, 7) is 1.03. The van der Waals surface area contributed by atoms with E-state index in [1.807, 2.05) is 17.0 Å². The molecule has 2 heterocycles. The van der Waals surface area contributed by atoms with E-state index in [1.165, 1.54) is 12.1 Å². The maximum absolute atomic E-state index is 13.1. The number of nitrogens with one attached hydrogen (secondary N) is 3. The fourth-order valence-corrected chi connectivity index (χ4v) is 4.78. The molecule has 0 radical (unpaired) electrons. The number of hydrogen-bond acceptors (Lipinski definition) is 4. The van der Waals surface area contributed by atoms with E-state index in [2.05, 4.69) is 15.6 Å². The summed E-state index contributed by atoms with van der Waals surface area (Å²) in [5, 5.41) is 5.63. The molecule has 0 atom stereocenters. The van der Waals surface area contributed by atoms with Crippen molar-refractivity contribution in [1.29, 1.82) is 0 Å². The normalized spacial score (nSPS) is 20.9. The average molecular weight is 476 g/mol. The highest BCUT2D eigenvalue weighted by Gasteiger charge is 2.37. The quantitative estimate of drug-likeness (QED) is 0.598. The fraction of sp³-hybridized carbons (Fsp3) is 0.458. The van der Waals surface area contributed by atoms with Gasteiger partial charge in [-0.05, 0) is 55.9 Å². The minimum absolute atomic E-state index is 0.0101. The van der Waals surface area contributed by atoms with E-state index in [4.69, 9.17) is 0 Å². The molecule has 0 unspecified atom stereocenters. The van der Waals surface area contributed by atoms with Crippen LogP contribution < -0.4 is 16.2 Å². The van der Waals surface area contributed by atoms with Crippen LogP contribution in [0.25, 0.3) is 0 Å². The number of carbonyl (C=O) groups excluding carboxylic acids is 2. The van der Waals surface area contributed by atoms with Crippen molar-refractivity contribution >= 4 is 11.8 Å². The molecule has 7 nitrogen and oxygen atoms in total. The minimum Gasteiger partial charge on any atom is -0.343 e. The molecule has 182 valence electrons.